The maximum Gasteiger partial charge on any atom is 0.145 e. The zero-order valence-electron chi connectivity index (χ0n) is 9.80. The lowest BCUT2D eigenvalue weighted by Gasteiger charge is -2.09. The lowest BCUT2D eigenvalue weighted by molar-refractivity contribution is 0.249. The summed E-state index contributed by atoms with van der Waals surface area (Å²) in [6.07, 6.45) is 0. The standard InChI is InChI=1S/C12H14N2O3/c1-8-3-4-12(10(5-8)6-15)16-7-11-9(2)13-17-14-11/h3-5,15H,6-7H2,1-2H3. The molecule has 0 radical (unpaired) electrons. The molecule has 0 aliphatic carbocycles. The largest absolute Gasteiger partial charge is 0.487 e. The average Bonchev–Trinajstić information content (AvgIpc) is 2.73. The van der Waals surface area contributed by atoms with Gasteiger partial charge < -0.3 is 9.84 Å². The SMILES string of the molecule is Cc1ccc(OCc2nonc2C)c(CO)c1. The second-order valence-electron chi connectivity index (χ2n) is 3.85. The summed E-state index contributed by atoms with van der Waals surface area (Å²) in [5, 5.41) is 16.6. The highest BCUT2D eigenvalue weighted by molar-refractivity contribution is 5.36. The highest BCUT2D eigenvalue weighted by atomic mass is 16.6. The highest BCUT2D eigenvalue weighted by Crippen LogP contribution is 2.21. The Morgan fingerprint density at radius 1 is 1.29 bits per heavy atom. The van der Waals surface area contributed by atoms with E-state index in [-0.39, 0.29) is 13.2 Å². The minimum Gasteiger partial charge on any atom is -0.487 e. The summed E-state index contributed by atoms with van der Waals surface area (Å²) < 4.78 is 10.2. The van der Waals surface area contributed by atoms with Gasteiger partial charge in [0.25, 0.3) is 0 Å². The van der Waals surface area contributed by atoms with Gasteiger partial charge in [0, 0.05) is 5.56 Å². The van der Waals surface area contributed by atoms with Crippen LogP contribution >= 0.6 is 0 Å². The molecule has 5 heteroatoms. The number of ether oxygens (including phenoxy) is 1. The first kappa shape index (κ1) is 11.6. The van der Waals surface area contributed by atoms with Gasteiger partial charge in [-0.1, -0.05) is 28.0 Å². The minimum absolute atomic E-state index is 0.0486. The summed E-state index contributed by atoms with van der Waals surface area (Å²) in [6, 6.07) is 5.66. The first-order valence-corrected chi connectivity index (χ1v) is 5.32. The topological polar surface area (TPSA) is 68.4 Å². The first-order chi connectivity index (χ1) is 8.20. The van der Waals surface area contributed by atoms with Crippen molar-refractivity contribution in [1.82, 2.24) is 10.3 Å². The van der Waals surface area contributed by atoms with Crippen LogP contribution < -0.4 is 4.74 Å². The normalized spacial score (nSPS) is 10.5. The monoisotopic (exact) mass is 234 g/mol. The van der Waals surface area contributed by atoms with E-state index in [1.54, 1.807) is 6.92 Å². The Morgan fingerprint density at radius 3 is 2.76 bits per heavy atom. The molecular formula is C12H14N2O3. The van der Waals surface area contributed by atoms with Gasteiger partial charge in [0.05, 0.1) is 6.61 Å². The Balaban J connectivity index is 2.11. The van der Waals surface area contributed by atoms with Crippen LogP contribution in [0.4, 0.5) is 0 Å². The molecule has 0 aliphatic rings. The number of aromatic nitrogens is 2. The molecule has 90 valence electrons. The molecule has 17 heavy (non-hydrogen) atoms. The Labute approximate surface area is 99.0 Å². The Kier molecular flexibility index (Phi) is 3.39. The summed E-state index contributed by atoms with van der Waals surface area (Å²) in [7, 11) is 0. The molecule has 1 N–H and O–H groups in total. The molecular weight excluding hydrogens is 220 g/mol. The van der Waals surface area contributed by atoms with E-state index in [0.29, 0.717) is 17.1 Å². The van der Waals surface area contributed by atoms with Crippen LogP contribution in [0, 0.1) is 13.8 Å². The maximum atomic E-state index is 9.23. The van der Waals surface area contributed by atoms with Crippen molar-refractivity contribution in [2.24, 2.45) is 0 Å². The van der Waals surface area contributed by atoms with E-state index in [1.165, 1.54) is 0 Å². The fourth-order valence-corrected chi connectivity index (χ4v) is 1.50. The molecule has 1 heterocycles. The highest BCUT2D eigenvalue weighted by Gasteiger charge is 2.08. The molecule has 1 aromatic heterocycles. The second kappa shape index (κ2) is 4.97. The molecule has 0 unspecified atom stereocenters. The van der Waals surface area contributed by atoms with Gasteiger partial charge in [-0.25, -0.2) is 4.63 Å². The lowest BCUT2D eigenvalue weighted by atomic mass is 10.1. The quantitative estimate of drug-likeness (QED) is 0.872. The molecule has 0 spiro atoms. The molecule has 0 fully saturated rings. The van der Waals surface area contributed by atoms with Gasteiger partial charge in [0.15, 0.2) is 0 Å². The third-order valence-corrected chi connectivity index (χ3v) is 2.50. The fourth-order valence-electron chi connectivity index (χ4n) is 1.50. The van der Waals surface area contributed by atoms with Gasteiger partial charge in [-0.2, -0.15) is 0 Å². The van der Waals surface area contributed by atoms with Crippen molar-refractivity contribution in [1.29, 1.82) is 0 Å². The van der Waals surface area contributed by atoms with E-state index in [2.05, 4.69) is 14.9 Å². The summed E-state index contributed by atoms with van der Waals surface area (Å²) >= 11 is 0. The molecule has 1 aromatic carbocycles. The molecule has 0 bridgehead atoms. The van der Waals surface area contributed by atoms with Crippen LogP contribution in [0.5, 0.6) is 5.75 Å². The first-order valence-electron chi connectivity index (χ1n) is 5.32. The predicted molar refractivity (Wildman–Crippen MR) is 60.5 cm³/mol. The molecule has 2 aromatic rings. The van der Waals surface area contributed by atoms with Crippen LogP contribution in [-0.4, -0.2) is 15.4 Å². The number of aryl methyl sites for hydroxylation is 2. The predicted octanol–water partition coefficient (Wildman–Crippen LogP) is 1.76. The molecule has 0 amide bonds. The van der Waals surface area contributed by atoms with E-state index in [4.69, 9.17) is 4.74 Å². The van der Waals surface area contributed by atoms with E-state index in [1.807, 2.05) is 25.1 Å². The van der Waals surface area contributed by atoms with Crippen molar-refractivity contribution in [3.05, 3.63) is 40.7 Å². The number of hydrogen-bond donors (Lipinski definition) is 1. The van der Waals surface area contributed by atoms with Crippen molar-refractivity contribution >= 4 is 0 Å². The van der Waals surface area contributed by atoms with E-state index in [0.717, 1.165) is 11.1 Å². The van der Waals surface area contributed by atoms with Crippen molar-refractivity contribution in [2.45, 2.75) is 27.1 Å². The van der Waals surface area contributed by atoms with Crippen LogP contribution in [0.2, 0.25) is 0 Å². The van der Waals surface area contributed by atoms with Crippen LogP contribution in [0.15, 0.2) is 22.8 Å². The van der Waals surface area contributed by atoms with Gasteiger partial charge in [-0.05, 0) is 19.9 Å². The van der Waals surface area contributed by atoms with E-state index >= 15 is 0 Å². The molecule has 0 aliphatic heterocycles. The number of aliphatic hydroxyl groups is 1. The number of rotatable bonds is 4. The van der Waals surface area contributed by atoms with Crippen LogP contribution in [0.3, 0.4) is 0 Å². The van der Waals surface area contributed by atoms with Crippen molar-refractivity contribution in [2.75, 3.05) is 0 Å². The summed E-state index contributed by atoms with van der Waals surface area (Å²) in [4.78, 5) is 0. The summed E-state index contributed by atoms with van der Waals surface area (Å²) in [5.41, 5.74) is 3.22. The van der Waals surface area contributed by atoms with Gasteiger partial charge in [0.1, 0.15) is 23.7 Å². The Hall–Kier alpha value is -1.88. The molecule has 2 rings (SSSR count). The number of hydrogen-bond acceptors (Lipinski definition) is 5. The fraction of sp³-hybridized carbons (Fsp3) is 0.333. The lowest BCUT2D eigenvalue weighted by Crippen LogP contribution is -2.00. The van der Waals surface area contributed by atoms with Crippen molar-refractivity contribution in [3.63, 3.8) is 0 Å². The Morgan fingerprint density at radius 2 is 2.12 bits per heavy atom. The van der Waals surface area contributed by atoms with Crippen molar-refractivity contribution < 1.29 is 14.5 Å². The molecule has 0 atom stereocenters. The third kappa shape index (κ3) is 2.62. The van der Waals surface area contributed by atoms with Crippen LogP contribution in [0.25, 0.3) is 0 Å². The zero-order valence-corrected chi connectivity index (χ0v) is 9.80. The summed E-state index contributed by atoms with van der Waals surface area (Å²) in [5.74, 6) is 0.653. The Bertz CT molecular complexity index is 508. The maximum absolute atomic E-state index is 9.23. The molecule has 0 saturated heterocycles. The molecule has 0 saturated carbocycles. The smallest absolute Gasteiger partial charge is 0.145 e. The number of aliphatic hydroxyl groups excluding tert-OH is 1. The van der Waals surface area contributed by atoms with E-state index < -0.39 is 0 Å². The zero-order chi connectivity index (χ0) is 12.3. The van der Waals surface area contributed by atoms with Crippen LogP contribution in [-0.2, 0) is 13.2 Å². The van der Waals surface area contributed by atoms with Gasteiger partial charge in [-0.3, -0.25) is 0 Å². The summed E-state index contributed by atoms with van der Waals surface area (Å²) in [6.45, 7) is 4.00. The van der Waals surface area contributed by atoms with E-state index in [9.17, 15) is 5.11 Å². The van der Waals surface area contributed by atoms with Crippen molar-refractivity contribution in [3.8, 4) is 5.75 Å². The van der Waals surface area contributed by atoms with Gasteiger partial charge >= 0.3 is 0 Å². The van der Waals surface area contributed by atoms with Gasteiger partial charge in [0.2, 0.25) is 0 Å². The third-order valence-electron chi connectivity index (χ3n) is 2.50. The second-order valence-corrected chi connectivity index (χ2v) is 3.85. The van der Waals surface area contributed by atoms with Crippen LogP contribution in [0.1, 0.15) is 22.5 Å². The van der Waals surface area contributed by atoms with Gasteiger partial charge in [-0.15, -0.1) is 0 Å². The minimum atomic E-state index is -0.0486. The molecule has 5 nitrogen and oxygen atoms in total. The number of benzene rings is 1. The average molecular weight is 234 g/mol. The number of nitrogens with zero attached hydrogens (tertiary/aromatic N) is 2.